The molecule has 0 saturated heterocycles. The van der Waals surface area contributed by atoms with Gasteiger partial charge in [0.1, 0.15) is 63.2 Å². The van der Waals surface area contributed by atoms with Gasteiger partial charge in [0.2, 0.25) is 35.4 Å². The highest BCUT2D eigenvalue weighted by Crippen LogP contribution is 2.49. The third-order valence-electron chi connectivity index (χ3n) is 25.3. The number of phenols is 5. The van der Waals surface area contributed by atoms with Crippen LogP contribution in [0.2, 0.25) is 0 Å². The Bertz CT molecular complexity index is 6080. The molecule has 0 bridgehead atoms. The van der Waals surface area contributed by atoms with Crippen LogP contribution in [0.15, 0.2) is 218 Å². The molecule has 12 rings (SSSR count). The maximum atomic E-state index is 13.5. The highest BCUT2D eigenvalue weighted by Gasteiger charge is 2.34. The summed E-state index contributed by atoms with van der Waals surface area (Å²) in [7, 11) is -4.31. The lowest BCUT2D eigenvalue weighted by atomic mass is 9.78. The molecule has 0 heterocycles. The summed E-state index contributed by atoms with van der Waals surface area (Å²) in [6, 6.07) is 64.3. The fraction of sp³-hybridized carbons (Fsp3) is 0.376. The number of aryl methyl sites for hydroxylation is 3. The Hall–Kier alpha value is -13.9. The van der Waals surface area contributed by atoms with Crippen LogP contribution in [0.3, 0.4) is 0 Å². The molecular weight excluding hydrogens is 1920 g/mol. The fourth-order valence-electron chi connectivity index (χ4n) is 17.3. The maximum Gasteiger partial charge on any atom is 0.530 e. The van der Waals surface area contributed by atoms with E-state index < -0.39 is 17.2 Å². The molecular formula is C125H156N6O17P2. The van der Waals surface area contributed by atoms with Crippen molar-refractivity contribution in [2.45, 2.75) is 309 Å². The summed E-state index contributed by atoms with van der Waals surface area (Å²) in [5.41, 5.74) is 17.0. The number of aromatic hydroxyl groups is 5. The smallest absolute Gasteiger partial charge is 0.507 e. The van der Waals surface area contributed by atoms with Crippen LogP contribution in [0.1, 0.15) is 300 Å². The van der Waals surface area contributed by atoms with E-state index in [-0.39, 0.29) is 159 Å². The van der Waals surface area contributed by atoms with Crippen molar-refractivity contribution in [2.24, 2.45) is 0 Å². The molecule has 0 aromatic heterocycles. The molecule has 23 nitrogen and oxygen atoms in total. The summed E-state index contributed by atoms with van der Waals surface area (Å²) >= 11 is 0. The molecule has 0 unspecified atom stereocenters. The SMILES string of the molecule is C.CC(C)(C)c1cc(CC(=O)Nc2ccc(OP(Oc3ccc(NC(=O)Cc4cc(C(C)(C)C)c(O)c(C(C)(C)C)c4)cc3)Oc3ccc(NC(=O)Cc4cc(C(C)(C)C)c(O)c(C(C)(C)C)c4)cc3)cc2)cc(C(C)(C)C)c1O.Cc1cc(CC(=O)Nc2ccc(OP(Oc3ccc(NC(=O)Cc4cc(C)c(O)c(C(C)(C)C)c4)cc3)Oc3ccc(NC(=O)Cc4cc(C)c(O)c(C(C)(C)C)c4)cc3)cc2)cc(C(C)(C)C)c1C. The second-order valence-electron chi connectivity index (χ2n) is 48.1. The van der Waals surface area contributed by atoms with E-state index in [0.717, 1.165) is 83.5 Å². The third kappa shape index (κ3) is 33.1. The average molecular weight is 2080 g/mol. The van der Waals surface area contributed by atoms with Gasteiger partial charge in [-0.3, -0.25) is 28.8 Å². The van der Waals surface area contributed by atoms with Crippen molar-refractivity contribution in [1.29, 1.82) is 0 Å². The largest absolute Gasteiger partial charge is 0.530 e. The van der Waals surface area contributed by atoms with Gasteiger partial charge in [-0.05, 0) is 328 Å². The minimum atomic E-state index is -2.18. The molecule has 12 aromatic carbocycles. The molecule has 150 heavy (non-hydrogen) atoms. The van der Waals surface area contributed by atoms with Gasteiger partial charge >= 0.3 is 17.2 Å². The first kappa shape index (κ1) is 118. The van der Waals surface area contributed by atoms with E-state index in [4.69, 9.17) is 27.1 Å². The van der Waals surface area contributed by atoms with Crippen molar-refractivity contribution in [1.82, 2.24) is 0 Å². The second kappa shape index (κ2) is 47.5. The van der Waals surface area contributed by atoms with Crippen LogP contribution < -0.4 is 59.0 Å². The summed E-state index contributed by atoms with van der Waals surface area (Å²) in [5.74, 6) is 2.50. The Morgan fingerprint density at radius 3 is 0.493 bits per heavy atom. The molecule has 0 fully saturated rings. The molecule has 0 radical (unpaired) electrons. The molecule has 0 aliphatic heterocycles. The van der Waals surface area contributed by atoms with E-state index >= 15 is 0 Å². The van der Waals surface area contributed by atoms with Gasteiger partial charge in [0.15, 0.2) is 0 Å². The van der Waals surface area contributed by atoms with E-state index in [0.29, 0.717) is 79.7 Å². The van der Waals surface area contributed by atoms with Gasteiger partial charge in [-0.2, -0.15) is 0 Å². The van der Waals surface area contributed by atoms with Crippen LogP contribution in [0.25, 0.3) is 0 Å². The molecule has 0 atom stereocenters. The van der Waals surface area contributed by atoms with Gasteiger partial charge in [0.05, 0.1) is 38.5 Å². The molecule has 798 valence electrons. The lowest BCUT2D eigenvalue weighted by Gasteiger charge is -2.28. The highest BCUT2D eigenvalue weighted by atomic mass is 31.2. The van der Waals surface area contributed by atoms with E-state index in [9.17, 15) is 54.3 Å². The van der Waals surface area contributed by atoms with Crippen LogP contribution in [-0.2, 0) is 116 Å². The number of rotatable bonds is 30. The number of nitrogens with one attached hydrogen (secondary N) is 6. The van der Waals surface area contributed by atoms with Crippen molar-refractivity contribution >= 4 is 86.8 Å². The number of benzene rings is 12. The number of amides is 6. The highest BCUT2D eigenvalue weighted by molar-refractivity contribution is 7.43. The van der Waals surface area contributed by atoms with Gasteiger partial charge in [-0.25, -0.2) is 0 Å². The first-order chi connectivity index (χ1) is 69.1. The lowest BCUT2D eigenvalue weighted by molar-refractivity contribution is -0.116. The number of carbonyl (C=O) groups excluding carboxylic acids is 6. The van der Waals surface area contributed by atoms with Crippen molar-refractivity contribution in [3.8, 4) is 63.2 Å². The summed E-state index contributed by atoms with van der Waals surface area (Å²) in [5, 5.41) is 72.8. The van der Waals surface area contributed by atoms with Crippen molar-refractivity contribution < 1.29 is 81.4 Å². The van der Waals surface area contributed by atoms with Gasteiger partial charge in [0.25, 0.3) is 0 Å². The Morgan fingerprint density at radius 1 is 0.207 bits per heavy atom. The normalized spacial score (nSPS) is 12.1. The number of phenolic OH excluding ortho intramolecular Hbond substituents is 5. The Morgan fingerprint density at radius 2 is 0.340 bits per heavy atom. The fourth-order valence-corrected chi connectivity index (χ4v) is 19.2. The van der Waals surface area contributed by atoms with E-state index in [1.807, 2.05) is 241 Å². The minimum Gasteiger partial charge on any atom is -0.507 e. The summed E-state index contributed by atoms with van der Waals surface area (Å²) < 4.78 is 38.0. The van der Waals surface area contributed by atoms with Crippen LogP contribution in [-0.4, -0.2) is 61.0 Å². The topological polar surface area (TPSA) is 331 Å². The quantitative estimate of drug-likeness (QED) is 0.0186. The molecule has 25 heteroatoms. The van der Waals surface area contributed by atoms with Crippen molar-refractivity contribution in [3.63, 3.8) is 0 Å². The first-order valence-electron chi connectivity index (χ1n) is 50.5. The molecule has 0 aliphatic carbocycles. The summed E-state index contributed by atoms with van der Waals surface area (Å²) in [6.07, 6.45) is 0.794. The van der Waals surface area contributed by atoms with E-state index in [1.165, 1.54) is 11.1 Å². The molecule has 12 aromatic rings. The van der Waals surface area contributed by atoms with Gasteiger partial charge in [-0.1, -0.05) is 267 Å². The number of anilines is 6. The van der Waals surface area contributed by atoms with Crippen LogP contribution in [0.4, 0.5) is 34.1 Å². The predicted octanol–water partition coefficient (Wildman–Crippen LogP) is 30.1. The Balaban J connectivity index is 0.000000307. The molecule has 0 aliphatic rings. The van der Waals surface area contributed by atoms with Crippen LogP contribution in [0, 0.1) is 27.7 Å². The van der Waals surface area contributed by atoms with Crippen molar-refractivity contribution in [2.75, 3.05) is 31.9 Å². The zero-order valence-electron chi connectivity index (χ0n) is 92.6. The van der Waals surface area contributed by atoms with Gasteiger partial charge in [0, 0.05) is 34.1 Å². The monoisotopic (exact) mass is 2080 g/mol. The van der Waals surface area contributed by atoms with Crippen LogP contribution in [0.5, 0.6) is 63.2 Å². The van der Waals surface area contributed by atoms with E-state index in [2.05, 4.69) is 78.7 Å². The Labute approximate surface area is 891 Å². The van der Waals surface area contributed by atoms with Crippen molar-refractivity contribution in [3.05, 3.63) is 324 Å². The van der Waals surface area contributed by atoms with E-state index in [1.54, 1.807) is 146 Å². The number of hydrogen-bond donors (Lipinski definition) is 11. The second-order valence-corrected chi connectivity index (χ2v) is 50.1. The maximum absolute atomic E-state index is 13.5. The van der Waals surface area contributed by atoms with Crippen LogP contribution >= 0.6 is 17.2 Å². The third-order valence-corrected chi connectivity index (χ3v) is 27.5. The number of hydrogen-bond acceptors (Lipinski definition) is 17. The zero-order chi connectivity index (χ0) is 110. The van der Waals surface area contributed by atoms with Gasteiger partial charge < -0.3 is 84.6 Å². The minimum absolute atomic E-state index is 0. The standard InChI is InChI=1S/C66H84N3O9P.C58H68N3O8P.CH4/c1-61(2,3)49-31-40(32-50(58(49)73)62(4,5)6)37-55(70)67-43-19-25-46(26-20-43)76-79(77-47-27-21-44(22-28-47)68-56(71)38-41-33-51(63(7,8)9)59(74)52(34-41)64(10,11)12)78-48-29-23-45(24-30-48)69-57(72)39-42-35-53(65(13,14)15)60(75)54(36-42)66(16,17)18;1-35-26-39(29-48(38(35)4)56(5,6)7)32-51(62)59-42-14-20-45(21-15-42)67-70(68-46-22-16-43(17-23-46)60-52(63)33-40-27-36(2)54(65)49(30-40)57(8,9)10)69-47-24-18-44(19-25-47)61-53(64)34-41-28-37(3)55(66)50(31-41)58(11,12)13;/h19-36,73-75H,37-39H2,1-18H3,(H,67,70)(H,68,71)(H,69,72);14-31,65-66H,32-34H2,1-13H3,(H,59,62)(H,60,63)(H,61,64);1H4. The molecule has 0 spiro atoms. The summed E-state index contributed by atoms with van der Waals surface area (Å²) in [4.78, 5) is 80.0. The molecule has 11 N–H and O–H groups in total. The lowest BCUT2D eigenvalue weighted by Crippen LogP contribution is -2.20. The average Bonchev–Trinajstić information content (AvgIpc) is 0.787. The zero-order valence-corrected chi connectivity index (χ0v) is 94.3. The number of carbonyl (C=O) groups is 6. The predicted molar refractivity (Wildman–Crippen MR) is 611 cm³/mol. The summed E-state index contributed by atoms with van der Waals surface area (Å²) in [6.45, 7) is 63.2. The van der Waals surface area contributed by atoms with Gasteiger partial charge in [-0.15, -0.1) is 0 Å². The molecule has 0 saturated carbocycles. The molecule has 6 amide bonds. The Kier molecular flexibility index (Phi) is 37.4. The first-order valence-corrected chi connectivity index (χ1v) is 52.7.